The summed E-state index contributed by atoms with van der Waals surface area (Å²) in [4.78, 5) is 4.24. The van der Waals surface area contributed by atoms with Crippen LogP contribution in [-0.2, 0) is 14.7 Å². The van der Waals surface area contributed by atoms with Crippen LogP contribution >= 0.6 is 0 Å². The second-order valence-electron chi connectivity index (χ2n) is 2.69. The maximum absolute atomic E-state index is 10.1. The molecule has 0 atom stereocenters. The van der Waals surface area contributed by atoms with Gasteiger partial charge in [-0.15, -0.1) is 0 Å². The zero-order chi connectivity index (χ0) is 13.5. The third kappa shape index (κ3) is 7.36. The lowest BCUT2D eigenvalue weighted by molar-refractivity contribution is -0.101. The maximum atomic E-state index is 10.1. The Morgan fingerprint density at radius 1 is 1.35 bits per heavy atom. The van der Waals surface area contributed by atoms with Gasteiger partial charge in [-0.3, -0.25) is 4.55 Å². The van der Waals surface area contributed by atoms with Gasteiger partial charge in [0.15, 0.2) is 5.75 Å². The monoisotopic (exact) mass is 266 g/mol. The van der Waals surface area contributed by atoms with E-state index in [-0.39, 0.29) is 18.0 Å². The summed E-state index contributed by atoms with van der Waals surface area (Å²) in [7, 11) is -4.66. The van der Waals surface area contributed by atoms with Crippen LogP contribution in [0, 0.1) is 0 Å². The Kier molecular flexibility index (Phi) is 6.28. The Balaban J connectivity index is 0.000000770. The van der Waals surface area contributed by atoms with E-state index < -0.39 is 10.4 Å². The van der Waals surface area contributed by atoms with Crippen molar-refractivity contribution in [2.24, 2.45) is 0 Å². The molecular formula is C8H14N2O6S. The number of benzene rings is 1. The van der Waals surface area contributed by atoms with E-state index in [1.54, 1.807) is 6.92 Å². The predicted molar refractivity (Wildman–Crippen MR) is 61.3 cm³/mol. The molecule has 0 bridgehead atoms. The van der Waals surface area contributed by atoms with Crippen LogP contribution < -0.4 is 16.4 Å². The summed E-state index contributed by atoms with van der Waals surface area (Å²) in [5, 5.41) is 7.57. The standard InChI is InChI=1S/C6H8N2O5S.C2H6O/c7-4-1-2-6(5(8)3-4)12-13-14(9,10)11;1-2-3/h1-3H,7-8H2,(H,9,10,11);3H,2H2,1H3. The summed E-state index contributed by atoms with van der Waals surface area (Å²) >= 11 is 0. The molecule has 1 rings (SSSR count). The van der Waals surface area contributed by atoms with Gasteiger partial charge in [-0.2, -0.15) is 8.42 Å². The first-order valence-corrected chi connectivity index (χ1v) is 5.76. The fourth-order valence-electron chi connectivity index (χ4n) is 0.722. The van der Waals surface area contributed by atoms with Gasteiger partial charge in [0.1, 0.15) is 0 Å². The molecule has 0 aliphatic heterocycles. The van der Waals surface area contributed by atoms with Crippen LogP contribution in [0.25, 0.3) is 0 Å². The van der Waals surface area contributed by atoms with E-state index in [1.807, 2.05) is 0 Å². The van der Waals surface area contributed by atoms with Crippen molar-refractivity contribution in [3.63, 3.8) is 0 Å². The Labute approximate surface area is 98.6 Å². The molecule has 0 saturated carbocycles. The van der Waals surface area contributed by atoms with Gasteiger partial charge in [-0.1, -0.05) is 0 Å². The van der Waals surface area contributed by atoms with E-state index in [9.17, 15) is 8.42 Å². The molecule has 0 unspecified atom stereocenters. The van der Waals surface area contributed by atoms with Gasteiger partial charge in [0, 0.05) is 12.3 Å². The van der Waals surface area contributed by atoms with Gasteiger partial charge < -0.3 is 21.5 Å². The zero-order valence-electron chi connectivity index (χ0n) is 9.03. The summed E-state index contributed by atoms with van der Waals surface area (Å²) in [5.74, 6) is -0.0585. The van der Waals surface area contributed by atoms with Gasteiger partial charge in [0.25, 0.3) is 0 Å². The van der Waals surface area contributed by atoms with Crippen molar-refractivity contribution < 1.29 is 27.3 Å². The molecule has 9 heteroatoms. The van der Waals surface area contributed by atoms with Crippen LogP contribution in [0.1, 0.15) is 6.92 Å². The molecular weight excluding hydrogens is 252 g/mol. The summed E-state index contributed by atoms with van der Waals surface area (Å²) in [6, 6.07) is 4.08. The first kappa shape index (κ1) is 15.4. The minimum Gasteiger partial charge on any atom is -0.399 e. The third-order valence-electron chi connectivity index (χ3n) is 1.24. The topological polar surface area (TPSA) is 145 Å². The van der Waals surface area contributed by atoms with E-state index in [2.05, 4.69) is 9.22 Å². The average molecular weight is 266 g/mol. The van der Waals surface area contributed by atoms with Gasteiger partial charge in [0.2, 0.25) is 0 Å². The molecule has 1 aromatic rings. The van der Waals surface area contributed by atoms with Crippen molar-refractivity contribution in [1.29, 1.82) is 0 Å². The van der Waals surface area contributed by atoms with Crippen molar-refractivity contribution >= 4 is 21.8 Å². The SMILES string of the molecule is CCO.Nc1ccc(OOS(=O)(=O)O)c(N)c1. The molecule has 0 spiro atoms. The third-order valence-corrected chi connectivity index (χ3v) is 1.48. The molecule has 0 radical (unpaired) electrons. The van der Waals surface area contributed by atoms with E-state index in [4.69, 9.17) is 21.1 Å². The number of anilines is 2. The summed E-state index contributed by atoms with van der Waals surface area (Å²) in [6.45, 7) is 1.93. The van der Waals surface area contributed by atoms with Crippen LogP contribution in [0.2, 0.25) is 0 Å². The van der Waals surface area contributed by atoms with Crippen LogP contribution in [0.5, 0.6) is 5.75 Å². The lowest BCUT2D eigenvalue weighted by Gasteiger charge is -2.04. The van der Waals surface area contributed by atoms with Crippen molar-refractivity contribution in [2.45, 2.75) is 6.92 Å². The molecule has 0 aliphatic carbocycles. The van der Waals surface area contributed by atoms with Crippen molar-refractivity contribution in [1.82, 2.24) is 0 Å². The molecule has 6 N–H and O–H groups in total. The number of hydrogen-bond acceptors (Lipinski definition) is 7. The minimum atomic E-state index is -4.66. The van der Waals surface area contributed by atoms with Crippen LogP contribution in [-0.4, -0.2) is 24.7 Å². The van der Waals surface area contributed by atoms with Gasteiger partial charge in [-0.05, 0) is 29.5 Å². The molecule has 0 fully saturated rings. The van der Waals surface area contributed by atoms with Crippen LogP contribution in [0.4, 0.5) is 11.4 Å². The number of nitrogen functional groups attached to an aromatic ring is 2. The summed E-state index contributed by atoms with van der Waals surface area (Å²) < 4.78 is 32.1. The number of hydrogen-bond donors (Lipinski definition) is 4. The van der Waals surface area contributed by atoms with Gasteiger partial charge in [0.05, 0.1) is 5.69 Å². The average Bonchev–Trinajstić information content (AvgIpc) is 2.16. The highest BCUT2D eigenvalue weighted by molar-refractivity contribution is 7.80. The number of aliphatic hydroxyl groups is 1. The summed E-state index contributed by atoms with van der Waals surface area (Å²) in [6.07, 6.45) is 0. The Morgan fingerprint density at radius 3 is 2.29 bits per heavy atom. The molecule has 0 amide bonds. The van der Waals surface area contributed by atoms with E-state index in [0.717, 1.165) is 0 Å². The predicted octanol–water partition coefficient (Wildman–Crippen LogP) is -0.0372. The number of aliphatic hydroxyl groups excluding tert-OH is 1. The molecule has 1 aromatic carbocycles. The number of nitrogens with two attached hydrogens (primary N) is 2. The molecule has 17 heavy (non-hydrogen) atoms. The van der Waals surface area contributed by atoms with Gasteiger partial charge in [-0.25, -0.2) is 0 Å². The Morgan fingerprint density at radius 2 is 1.88 bits per heavy atom. The normalized spacial score (nSPS) is 10.3. The van der Waals surface area contributed by atoms with Crippen molar-refractivity contribution in [3.8, 4) is 5.75 Å². The number of rotatable bonds is 3. The van der Waals surface area contributed by atoms with E-state index >= 15 is 0 Å². The Bertz CT molecular complexity index is 447. The van der Waals surface area contributed by atoms with Crippen LogP contribution in [0.15, 0.2) is 18.2 Å². The molecule has 98 valence electrons. The minimum absolute atomic E-state index is 0.0585. The molecule has 0 aromatic heterocycles. The second-order valence-corrected chi connectivity index (χ2v) is 3.68. The second kappa shape index (κ2) is 6.91. The first-order chi connectivity index (χ1) is 7.80. The first-order valence-electron chi connectivity index (χ1n) is 4.39. The van der Waals surface area contributed by atoms with Crippen molar-refractivity contribution in [2.75, 3.05) is 18.1 Å². The van der Waals surface area contributed by atoms with E-state index in [1.165, 1.54) is 18.2 Å². The van der Waals surface area contributed by atoms with Crippen molar-refractivity contribution in [3.05, 3.63) is 18.2 Å². The quantitative estimate of drug-likeness (QED) is 0.258. The lowest BCUT2D eigenvalue weighted by Crippen LogP contribution is -2.08. The Hall–Kier alpha value is -1.55. The highest BCUT2D eigenvalue weighted by Crippen LogP contribution is 2.23. The molecule has 8 nitrogen and oxygen atoms in total. The highest BCUT2D eigenvalue weighted by atomic mass is 32.3. The molecule has 0 saturated heterocycles. The van der Waals surface area contributed by atoms with Crippen LogP contribution in [0.3, 0.4) is 0 Å². The van der Waals surface area contributed by atoms with E-state index in [0.29, 0.717) is 5.69 Å². The maximum Gasteiger partial charge on any atom is 0.432 e. The fourth-order valence-corrected chi connectivity index (χ4v) is 0.882. The lowest BCUT2D eigenvalue weighted by atomic mass is 10.3. The molecule has 0 aliphatic rings. The summed E-state index contributed by atoms with van der Waals surface area (Å²) in [5.41, 5.74) is 11.2. The molecule has 0 heterocycles. The van der Waals surface area contributed by atoms with Gasteiger partial charge >= 0.3 is 10.4 Å². The largest absolute Gasteiger partial charge is 0.432 e. The smallest absolute Gasteiger partial charge is 0.399 e. The fraction of sp³-hybridized carbons (Fsp3) is 0.250. The zero-order valence-corrected chi connectivity index (χ0v) is 9.85. The highest BCUT2D eigenvalue weighted by Gasteiger charge is 2.09.